The van der Waals surface area contributed by atoms with Crippen molar-refractivity contribution in [2.75, 3.05) is 0 Å². The van der Waals surface area contributed by atoms with Gasteiger partial charge < -0.3 is 8.98 Å². The molecule has 0 amide bonds. The molecule has 0 N–H and O–H groups in total. The average Bonchev–Trinajstić information content (AvgIpc) is 3.66. The summed E-state index contributed by atoms with van der Waals surface area (Å²) >= 11 is -1.93. The van der Waals surface area contributed by atoms with Crippen molar-refractivity contribution in [1.29, 1.82) is 0 Å². The largest absolute Gasteiger partial charge is 0.476 e. The minimum Gasteiger partial charge on any atom is -0.476 e. The van der Waals surface area contributed by atoms with Gasteiger partial charge in [-0.1, -0.05) is 60.0 Å². The van der Waals surface area contributed by atoms with Crippen LogP contribution in [-0.4, -0.2) is 27.8 Å². The number of pyridine rings is 1. The Balaban J connectivity index is 0.000000178. The van der Waals surface area contributed by atoms with Gasteiger partial charge in [-0.25, -0.2) is 0 Å². The second-order valence-corrected chi connectivity index (χ2v) is 22.5. The summed E-state index contributed by atoms with van der Waals surface area (Å²) in [7, 11) is 0. The summed E-state index contributed by atoms with van der Waals surface area (Å²) in [4.78, 5) is 9.31. The molecule has 229 valence electrons. The molecule has 0 fully saturated rings. The number of rotatable bonds is 4. The summed E-state index contributed by atoms with van der Waals surface area (Å²) in [5.74, 6) is 7.68. The molecule has 0 atom stereocenters. The zero-order valence-corrected chi connectivity index (χ0v) is 30.0. The molecule has 3 heterocycles. The van der Waals surface area contributed by atoms with Gasteiger partial charge >= 0.3 is 113 Å². The zero-order chi connectivity index (χ0) is 35.2. The van der Waals surface area contributed by atoms with Crippen LogP contribution in [0, 0.1) is 19.0 Å². The first-order chi connectivity index (χ1) is 23.9. The smallest absolute Gasteiger partial charge is 0.123 e. The second-order valence-electron chi connectivity index (χ2n) is 11.8. The van der Waals surface area contributed by atoms with Gasteiger partial charge in [0.2, 0.25) is 0 Å². The molecule has 46 heavy (non-hydrogen) atoms. The molecular weight excluding hydrogens is 803 g/mol. The molecule has 0 bridgehead atoms. The van der Waals surface area contributed by atoms with E-state index in [1.165, 1.54) is 10.5 Å². The predicted molar refractivity (Wildman–Crippen MR) is 189 cm³/mol. The molecule has 4 nitrogen and oxygen atoms in total. The number of hydrogen-bond donors (Lipinski definition) is 0. The van der Waals surface area contributed by atoms with Gasteiger partial charge in [0.1, 0.15) is 5.58 Å². The molecule has 0 aliphatic rings. The molecular formula is C40H33GeIrN3O-2. The zero-order valence-electron chi connectivity index (χ0n) is 30.6. The molecule has 0 saturated heterocycles. The van der Waals surface area contributed by atoms with Crippen LogP contribution in [0.5, 0.6) is 0 Å². The summed E-state index contributed by atoms with van der Waals surface area (Å²) in [6.45, 7) is -2.47. The maximum atomic E-state index is 7.88. The fraction of sp³-hybridized carbons (Fsp3) is 0.100. The summed E-state index contributed by atoms with van der Waals surface area (Å²) in [5, 5.41) is 2.18. The van der Waals surface area contributed by atoms with Crippen molar-refractivity contribution in [3.05, 3.63) is 145 Å². The minimum absolute atomic E-state index is 0. The monoisotopic (exact) mass is 843 g/mol. The van der Waals surface area contributed by atoms with E-state index in [1.54, 1.807) is 0 Å². The third-order valence-corrected chi connectivity index (χ3v) is 12.0. The van der Waals surface area contributed by atoms with Gasteiger partial charge in [0.25, 0.3) is 0 Å². The molecule has 0 unspecified atom stereocenters. The van der Waals surface area contributed by atoms with Crippen LogP contribution < -0.4 is 4.40 Å². The SMILES string of the molecule is [2H]c1[c-]c(-c2cc[c]([Ge]([CH3])([CH3])[CH3])cn2)cc([2H])c1C([2H])([2H])[2H].[Ir].[c-]1cc2c(cc1-c1nc3ccccc3n1-c1ccccc1)oc1ccccc12. The standard InChI is InChI=1S/C25H15N2O.C15H18GeN.Ir/c1-2-8-18(9-3-1)27-22-12-6-5-11-21(22)26-25(27)17-14-15-20-19-10-4-7-13-23(19)28-24(20)16-17;1-12-5-7-13(8-6-12)15-10-9-14(11-17-15)16(2,3)4;/h1-13,15-16H;5-7,9-11H,1-4H3;/q2*-1;/i;1D3,5D,6D;. The van der Waals surface area contributed by atoms with Crippen molar-refractivity contribution in [1.82, 2.24) is 14.5 Å². The van der Waals surface area contributed by atoms with Gasteiger partial charge in [0, 0.05) is 25.8 Å². The number of hydrogen-bond acceptors (Lipinski definition) is 3. The average molecular weight is 842 g/mol. The maximum Gasteiger partial charge on any atom is 0.123 e. The third-order valence-electron chi connectivity index (χ3n) is 7.71. The normalized spacial score (nSPS) is 13.2. The van der Waals surface area contributed by atoms with E-state index in [9.17, 15) is 0 Å². The van der Waals surface area contributed by atoms with Crippen LogP contribution in [-0.2, 0) is 20.1 Å². The van der Waals surface area contributed by atoms with Crippen LogP contribution >= 0.6 is 0 Å². The summed E-state index contributed by atoms with van der Waals surface area (Å²) < 4.78 is 47.4. The van der Waals surface area contributed by atoms with Crippen LogP contribution in [0.3, 0.4) is 0 Å². The van der Waals surface area contributed by atoms with E-state index in [0.717, 1.165) is 50.0 Å². The summed E-state index contributed by atoms with van der Waals surface area (Å²) in [6, 6.07) is 41.7. The Morgan fingerprint density at radius 3 is 2.35 bits per heavy atom. The molecule has 0 aliphatic carbocycles. The number of furan rings is 1. The van der Waals surface area contributed by atoms with Crippen LogP contribution in [0.2, 0.25) is 17.3 Å². The van der Waals surface area contributed by atoms with E-state index in [4.69, 9.17) is 16.3 Å². The van der Waals surface area contributed by atoms with Gasteiger partial charge in [-0.3, -0.25) is 4.98 Å². The summed E-state index contributed by atoms with van der Waals surface area (Å²) in [5.41, 5.74) is 6.57. The first kappa shape index (κ1) is 25.9. The topological polar surface area (TPSA) is 43.9 Å². The third kappa shape index (κ3) is 6.36. The van der Waals surface area contributed by atoms with Crippen molar-refractivity contribution in [3.63, 3.8) is 0 Å². The van der Waals surface area contributed by atoms with Gasteiger partial charge in [0.15, 0.2) is 0 Å². The Bertz CT molecular complexity index is 2460. The van der Waals surface area contributed by atoms with Crippen molar-refractivity contribution < 1.29 is 31.4 Å². The Labute approximate surface area is 292 Å². The molecule has 0 spiro atoms. The van der Waals surface area contributed by atoms with E-state index in [0.29, 0.717) is 11.3 Å². The minimum atomic E-state index is -2.47. The van der Waals surface area contributed by atoms with E-state index in [2.05, 4.69) is 63.2 Å². The van der Waals surface area contributed by atoms with E-state index >= 15 is 0 Å². The molecule has 5 aromatic carbocycles. The quantitative estimate of drug-likeness (QED) is 0.131. The maximum absolute atomic E-state index is 7.88. The Morgan fingerprint density at radius 1 is 0.804 bits per heavy atom. The van der Waals surface area contributed by atoms with E-state index in [1.807, 2.05) is 85.1 Å². The van der Waals surface area contributed by atoms with Crippen LogP contribution in [0.15, 0.2) is 132 Å². The number of imidazole rings is 1. The molecule has 6 heteroatoms. The van der Waals surface area contributed by atoms with Gasteiger partial charge in [0.05, 0.1) is 22.4 Å². The second kappa shape index (κ2) is 13.2. The number of nitrogens with zero attached hydrogens (tertiary/aromatic N) is 3. The van der Waals surface area contributed by atoms with Crippen LogP contribution in [0.1, 0.15) is 12.4 Å². The van der Waals surface area contributed by atoms with E-state index in [-0.39, 0.29) is 37.8 Å². The summed E-state index contributed by atoms with van der Waals surface area (Å²) in [6.07, 6.45) is 1.84. The molecule has 8 rings (SSSR count). The molecule has 3 aromatic heterocycles. The van der Waals surface area contributed by atoms with Gasteiger partial charge in [-0.2, -0.15) is 0 Å². The number of benzene rings is 5. The number of para-hydroxylation sites is 4. The first-order valence-electron chi connectivity index (χ1n) is 17.3. The van der Waals surface area contributed by atoms with Crippen molar-refractivity contribution in [2.45, 2.75) is 24.1 Å². The van der Waals surface area contributed by atoms with Gasteiger partial charge in [-0.05, 0) is 35.7 Å². The first-order valence-corrected chi connectivity index (χ1v) is 22.1. The van der Waals surface area contributed by atoms with E-state index < -0.39 is 20.1 Å². The fourth-order valence-electron chi connectivity index (χ4n) is 5.32. The van der Waals surface area contributed by atoms with Crippen LogP contribution in [0.25, 0.3) is 61.3 Å². The number of aromatic nitrogens is 3. The van der Waals surface area contributed by atoms with Crippen molar-refractivity contribution in [2.24, 2.45) is 0 Å². The van der Waals surface area contributed by atoms with Crippen molar-refractivity contribution in [3.8, 4) is 28.3 Å². The molecule has 0 saturated carbocycles. The molecule has 1 radical (unpaired) electrons. The fourth-order valence-corrected chi connectivity index (χ4v) is 7.49. The number of fused-ring (bicyclic) bond motifs is 4. The Kier molecular flexibility index (Phi) is 7.43. The molecule has 8 aromatic rings. The molecule has 0 aliphatic heterocycles. The Hall–Kier alpha value is -4.29. The van der Waals surface area contributed by atoms with Crippen LogP contribution in [0.4, 0.5) is 0 Å². The van der Waals surface area contributed by atoms with Crippen molar-refractivity contribution >= 4 is 50.6 Å². The Morgan fingerprint density at radius 2 is 1.59 bits per heavy atom. The van der Waals surface area contributed by atoms with Gasteiger partial charge in [-0.15, -0.1) is 17.7 Å². The predicted octanol–water partition coefficient (Wildman–Crippen LogP) is 9.79.